The molecule has 4 heteroatoms. The number of aromatic nitrogens is 1. The molecular formula is C14H24N2O2. The summed E-state index contributed by atoms with van der Waals surface area (Å²) in [5, 5.41) is 13.7. The van der Waals surface area contributed by atoms with Crippen molar-refractivity contribution in [3.8, 4) is 0 Å². The van der Waals surface area contributed by atoms with Crippen LogP contribution >= 0.6 is 0 Å². The highest BCUT2D eigenvalue weighted by Gasteiger charge is 2.29. The Bertz CT molecular complexity index is 389. The number of rotatable bonds is 4. The second-order valence-corrected chi connectivity index (χ2v) is 5.36. The van der Waals surface area contributed by atoms with Gasteiger partial charge in [0, 0.05) is 18.2 Å². The highest BCUT2D eigenvalue weighted by Crippen LogP contribution is 2.26. The summed E-state index contributed by atoms with van der Waals surface area (Å²) in [7, 11) is 0. The van der Waals surface area contributed by atoms with E-state index in [1.165, 1.54) is 18.4 Å². The maximum atomic E-state index is 9.58. The SMILES string of the molecule is CCc1noc(C)c1CN1CCCC(C)C1CO. The van der Waals surface area contributed by atoms with Crippen LogP contribution in [0, 0.1) is 12.8 Å². The Kier molecular flexibility index (Phi) is 4.40. The zero-order valence-electron chi connectivity index (χ0n) is 11.6. The van der Waals surface area contributed by atoms with Gasteiger partial charge in [-0.25, -0.2) is 0 Å². The molecule has 1 saturated heterocycles. The molecule has 2 heterocycles. The molecule has 0 radical (unpaired) electrons. The number of nitrogens with zero attached hydrogens (tertiary/aromatic N) is 2. The maximum absolute atomic E-state index is 9.58. The molecule has 0 aliphatic carbocycles. The lowest BCUT2D eigenvalue weighted by molar-refractivity contribution is 0.0468. The molecule has 0 spiro atoms. The molecule has 2 atom stereocenters. The van der Waals surface area contributed by atoms with Crippen LogP contribution < -0.4 is 0 Å². The second-order valence-electron chi connectivity index (χ2n) is 5.36. The van der Waals surface area contributed by atoms with E-state index in [4.69, 9.17) is 4.52 Å². The fraction of sp³-hybridized carbons (Fsp3) is 0.786. The van der Waals surface area contributed by atoms with Crippen LogP contribution in [0.25, 0.3) is 0 Å². The Balaban J connectivity index is 2.14. The predicted octanol–water partition coefficient (Wildman–Crippen LogP) is 2.14. The lowest BCUT2D eigenvalue weighted by atomic mass is 9.90. The van der Waals surface area contributed by atoms with Gasteiger partial charge in [0.25, 0.3) is 0 Å². The maximum Gasteiger partial charge on any atom is 0.138 e. The summed E-state index contributed by atoms with van der Waals surface area (Å²) < 4.78 is 5.28. The number of likely N-dealkylation sites (tertiary alicyclic amines) is 1. The van der Waals surface area contributed by atoms with Crippen LogP contribution in [0.3, 0.4) is 0 Å². The van der Waals surface area contributed by atoms with Crippen molar-refractivity contribution in [2.75, 3.05) is 13.2 Å². The molecule has 0 amide bonds. The summed E-state index contributed by atoms with van der Waals surface area (Å²) in [5.41, 5.74) is 2.27. The van der Waals surface area contributed by atoms with E-state index in [-0.39, 0.29) is 12.6 Å². The van der Waals surface area contributed by atoms with E-state index < -0.39 is 0 Å². The predicted molar refractivity (Wildman–Crippen MR) is 70.3 cm³/mol. The minimum absolute atomic E-state index is 0.243. The van der Waals surface area contributed by atoms with Crippen LogP contribution in [0.1, 0.15) is 43.7 Å². The minimum atomic E-state index is 0.243. The molecule has 1 aromatic rings. The molecular weight excluding hydrogens is 228 g/mol. The molecule has 18 heavy (non-hydrogen) atoms. The summed E-state index contributed by atoms with van der Waals surface area (Å²) in [6.07, 6.45) is 3.33. The van der Waals surface area contributed by atoms with Gasteiger partial charge >= 0.3 is 0 Å². The smallest absolute Gasteiger partial charge is 0.138 e. The zero-order valence-corrected chi connectivity index (χ0v) is 11.6. The number of piperidine rings is 1. The van der Waals surface area contributed by atoms with Gasteiger partial charge < -0.3 is 9.63 Å². The van der Waals surface area contributed by atoms with Gasteiger partial charge in [-0.15, -0.1) is 0 Å². The number of aryl methyl sites for hydroxylation is 2. The van der Waals surface area contributed by atoms with Crippen molar-refractivity contribution >= 4 is 0 Å². The third kappa shape index (κ3) is 2.59. The molecule has 0 aromatic carbocycles. The molecule has 102 valence electrons. The quantitative estimate of drug-likeness (QED) is 0.892. The topological polar surface area (TPSA) is 49.5 Å². The van der Waals surface area contributed by atoms with E-state index in [1.807, 2.05) is 6.92 Å². The molecule has 1 aromatic heterocycles. The van der Waals surface area contributed by atoms with Crippen molar-refractivity contribution in [1.82, 2.24) is 10.1 Å². The Labute approximate surface area is 109 Å². The van der Waals surface area contributed by atoms with Crippen LogP contribution in [0.15, 0.2) is 4.52 Å². The van der Waals surface area contributed by atoms with Crippen LogP contribution in [0.4, 0.5) is 0 Å². The fourth-order valence-electron chi connectivity index (χ4n) is 2.95. The standard InChI is InChI=1S/C14H24N2O2/c1-4-13-12(11(3)18-15-13)8-16-7-5-6-10(2)14(16)9-17/h10,14,17H,4-9H2,1-3H3. The lowest BCUT2D eigenvalue weighted by Gasteiger charge is -2.39. The summed E-state index contributed by atoms with van der Waals surface area (Å²) >= 11 is 0. The minimum Gasteiger partial charge on any atom is -0.395 e. The van der Waals surface area contributed by atoms with Gasteiger partial charge in [0.05, 0.1) is 12.3 Å². The molecule has 0 saturated carbocycles. The largest absolute Gasteiger partial charge is 0.395 e. The molecule has 1 fully saturated rings. The Morgan fingerprint density at radius 2 is 2.28 bits per heavy atom. The second kappa shape index (κ2) is 5.85. The summed E-state index contributed by atoms with van der Waals surface area (Å²) in [6, 6.07) is 0.276. The Morgan fingerprint density at radius 3 is 2.94 bits per heavy atom. The molecule has 1 aliphatic rings. The first kappa shape index (κ1) is 13.6. The van der Waals surface area contributed by atoms with Crippen LogP contribution in [0.5, 0.6) is 0 Å². The van der Waals surface area contributed by atoms with Crippen molar-refractivity contribution in [2.24, 2.45) is 5.92 Å². The van der Waals surface area contributed by atoms with Crippen molar-refractivity contribution in [2.45, 2.75) is 52.6 Å². The van der Waals surface area contributed by atoms with Gasteiger partial charge in [0.2, 0.25) is 0 Å². The summed E-state index contributed by atoms with van der Waals surface area (Å²) in [5.74, 6) is 1.48. The molecule has 1 N–H and O–H groups in total. The van der Waals surface area contributed by atoms with Gasteiger partial charge in [0.1, 0.15) is 5.76 Å². The number of hydrogen-bond acceptors (Lipinski definition) is 4. The van der Waals surface area contributed by atoms with Gasteiger partial charge in [-0.05, 0) is 38.6 Å². The fourth-order valence-corrected chi connectivity index (χ4v) is 2.95. The van der Waals surface area contributed by atoms with Gasteiger partial charge in [-0.3, -0.25) is 4.90 Å². The lowest BCUT2D eigenvalue weighted by Crippen LogP contribution is -2.46. The number of hydrogen-bond donors (Lipinski definition) is 1. The Hall–Kier alpha value is -0.870. The van der Waals surface area contributed by atoms with E-state index in [2.05, 4.69) is 23.9 Å². The van der Waals surface area contributed by atoms with E-state index in [0.29, 0.717) is 5.92 Å². The van der Waals surface area contributed by atoms with E-state index in [0.717, 1.165) is 31.0 Å². The zero-order chi connectivity index (χ0) is 13.1. The normalized spacial score (nSPS) is 25.6. The van der Waals surface area contributed by atoms with E-state index in [1.54, 1.807) is 0 Å². The van der Waals surface area contributed by atoms with Crippen LogP contribution in [-0.4, -0.2) is 34.4 Å². The third-order valence-corrected chi connectivity index (χ3v) is 4.18. The van der Waals surface area contributed by atoms with Gasteiger partial charge in [-0.1, -0.05) is 19.0 Å². The average molecular weight is 252 g/mol. The third-order valence-electron chi connectivity index (χ3n) is 4.18. The summed E-state index contributed by atoms with van der Waals surface area (Å²) in [6.45, 7) is 8.46. The highest BCUT2D eigenvalue weighted by molar-refractivity contribution is 5.22. The monoisotopic (exact) mass is 252 g/mol. The van der Waals surface area contributed by atoms with E-state index >= 15 is 0 Å². The van der Waals surface area contributed by atoms with Gasteiger partial charge in [0.15, 0.2) is 0 Å². The molecule has 2 rings (SSSR count). The molecule has 0 bridgehead atoms. The van der Waals surface area contributed by atoms with Crippen molar-refractivity contribution in [3.05, 3.63) is 17.0 Å². The van der Waals surface area contributed by atoms with Crippen molar-refractivity contribution in [1.29, 1.82) is 0 Å². The van der Waals surface area contributed by atoms with Gasteiger partial charge in [-0.2, -0.15) is 0 Å². The van der Waals surface area contributed by atoms with Crippen LogP contribution in [-0.2, 0) is 13.0 Å². The summed E-state index contributed by atoms with van der Waals surface area (Å²) in [4.78, 5) is 2.38. The van der Waals surface area contributed by atoms with Crippen molar-refractivity contribution < 1.29 is 9.63 Å². The molecule has 4 nitrogen and oxygen atoms in total. The number of aliphatic hydroxyl groups excluding tert-OH is 1. The van der Waals surface area contributed by atoms with Crippen LogP contribution in [0.2, 0.25) is 0 Å². The first-order valence-corrected chi connectivity index (χ1v) is 6.96. The number of aliphatic hydroxyl groups is 1. The first-order chi connectivity index (χ1) is 8.67. The molecule has 2 unspecified atom stereocenters. The van der Waals surface area contributed by atoms with Crippen molar-refractivity contribution in [3.63, 3.8) is 0 Å². The van der Waals surface area contributed by atoms with E-state index in [9.17, 15) is 5.11 Å². The molecule has 1 aliphatic heterocycles. The Morgan fingerprint density at radius 1 is 1.50 bits per heavy atom. The highest BCUT2D eigenvalue weighted by atomic mass is 16.5. The first-order valence-electron chi connectivity index (χ1n) is 6.96. The average Bonchev–Trinajstić information content (AvgIpc) is 2.71.